The minimum Gasteiger partial charge on any atom is -0.354 e. The number of nitrogens with one attached hydrogen (secondary N) is 1. The number of carbonyl (C=O) groups is 1. The summed E-state index contributed by atoms with van der Waals surface area (Å²) in [6.45, 7) is 1.81. The fourth-order valence-electron chi connectivity index (χ4n) is 4.72. The molecule has 1 aliphatic carbocycles. The van der Waals surface area contributed by atoms with Gasteiger partial charge in [0.25, 0.3) is 5.91 Å². The SMILES string of the molecule is CNC(=O)c1sc(N2N=C3/C(=C\c4ccc(F)cc4)CCC[C@@H]3[C@H]2c2ccc(F)cc2)nc1C. The first-order valence-electron chi connectivity index (χ1n) is 11.2. The number of carbonyl (C=O) groups excluding carboxylic acids is 1. The first-order valence-corrected chi connectivity index (χ1v) is 12.1. The molecule has 5 nitrogen and oxygen atoms in total. The number of benzene rings is 2. The van der Waals surface area contributed by atoms with Gasteiger partial charge in [-0.15, -0.1) is 0 Å². The highest BCUT2D eigenvalue weighted by Gasteiger charge is 2.43. The molecule has 1 fully saturated rings. The van der Waals surface area contributed by atoms with Crippen molar-refractivity contribution in [2.75, 3.05) is 12.1 Å². The number of hydrogen-bond acceptors (Lipinski definition) is 5. The topological polar surface area (TPSA) is 57.6 Å². The summed E-state index contributed by atoms with van der Waals surface area (Å²) in [6.07, 6.45) is 4.86. The molecule has 2 aliphatic rings. The van der Waals surface area contributed by atoms with E-state index in [9.17, 15) is 13.6 Å². The van der Waals surface area contributed by atoms with Crippen molar-refractivity contribution in [1.29, 1.82) is 0 Å². The molecule has 0 radical (unpaired) electrons. The zero-order valence-corrected chi connectivity index (χ0v) is 19.7. The van der Waals surface area contributed by atoms with Gasteiger partial charge in [0.2, 0.25) is 5.13 Å². The van der Waals surface area contributed by atoms with E-state index in [0.717, 1.165) is 41.7 Å². The van der Waals surface area contributed by atoms with Gasteiger partial charge in [0.05, 0.1) is 17.4 Å². The zero-order chi connectivity index (χ0) is 23.8. The third-order valence-electron chi connectivity index (χ3n) is 6.34. The molecule has 0 bridgehead atoms. The third kappa shape index (κ3) is 4.14. The van der Waals surface area contributed by atoms with Crippen molar-refractivity contribution in [1.82, 2.24) is 10.3 Å². The van der Waals surface area contributed by atoms with Gasteiger partial charge in [0, 0.05) is 13.0 Å². The van der Waals surface area contributed by atoms with E-state index in [-0.39, 0.29) is 29.5 Å². The molecule has 1 aromatic heterocycles. The van der Waals surface area contributed by atoms with Crippen LogP contribution in [0.5, 0.6) is 0 Å². The zero-order valence-electron chi connectivity index (χ0n) is 18.9. The molecular formula is C26H24F2N4OS. The predicted molar refractivity (Wildman–Crippen MR) is 131 cm³/mol. The summed E-state index contributed by atoms with van der Waals surface area (Å²) < 4.78 is 27.1. The number of aromatic nitrogens is 1. The van der Waals surface area contributed by atoms with Gasteiger partial charge in [-0.1, -0.05) is 35.6 Å². The number of nitrogens with zero attached hydrogens (tertiary/aromatic N) is 3. The molecule has 0 saturated heterocycles. The van der Waals surface area contributed by atoms with Crippen molar-refractivity contribution < 1.29 is 13.6 Å². The molecule has 1 amide bonds. The monoisotopic (exact) mass is 478 g/mol. The first kappa shape index (κ1) is 22.4. The highest BCUT2D eigenvalue weighted by atomic mass is 32.1. The maximum atomic E-state index is 13.7. The second kappa shape index (κ2) is 9.10. The van der Waals surface area contributed by atoms with E-state index >= 15 is 0 Å². The number of halogens is 2. The van der Waals surface area contributed by atoms with E-state index < -0.39 is 0 Å². The normalized spacial score (nSPS) is 20.9. The van der Waals surface area contributed by atoms with Crippen LogP contribution in [0.3, 0.4) is 0 Å². The van der Waals surface area contributed by atoms with Crippen LogP contribution in [0.15, 0.2) is 59.2 Å². The van der Waals surface area contributed by atoms with Crippen molar-refractivity contribution in [3.8, 4) is 0 Å². The van der Waals surface area contributed by atoms with Crippen molar-refractivity contribution in [3.05, 3.63) is 87.4 Å². The minimum absolute atomic E-state index is 0.0959. The fraction of sp³-hybridized carbons (Fsp3) is 0.269. The molecule has 1 aliphatic heterocycles. The van der Waals surface area contributed by atoms with Crippen molar-refractivity contribution in [2.24, 2.45) is 11.0 Å². The van der Waals surface area contributed by atoms with E-state index in [1.165, 1.54) is 35.6 Å². The number of aryl methyl sites for hydroxylation is 1. The Morgan fingerprint density at radius 1 is 1.12 bits per heavy atom. The summed E-state index contributed by atoms with van der Waals surface area (Å²) >= 11 is 1.30. The molecule has 5 rings (SSSR count). The molecule has 2 heterocycles. The van der Waals surface area contributed by atoms with E-state index in [0.29, 0.717) is 15.7 Å². The van der Waals surface area contributed by atoms with Crippen LogP contribution in [0.1, 0.15) is 51.8 Å². The number of hydrogen-bond donors (Lipinski definition) is 1. The Bertz CT molecular complexity index is 1280. The van der Waals surface area contributed by atoms with Crippen LogP contribution in [-0.4, -0.2) is 23.7 Å². The number of allylic oxidation sites excluding steroid dienone is 1. The first-order chi connectivity index (χ1) is 16.4. The average molecular weight is 479 g/mol. The van der Waals surface area contributed by atoms with E-state index in [1.54, 1.807) is 31.3 Å². The Kier molecular flexibility index (Phi) is 6.00. The third-order valence-corrected chi connectivity index (χ3v) is 7.48. The highest BCUT2D eigenvalue weighted by Crippen LogP contribution is 2.47. The number of amides is 1. The maximum absolute atomic E-state index is 13.7. The quantitative estimate of drug-likeness (QED) is 0.509. The smallest absolute Gasteiger partial charge is 0.263 e. The van der Waals surface area contributed by atoms with Crippen molar-refractivity contribution in [2.45, 2.75) is 32.2 Å². The lowest BCUT2D eigenvalue weighted by atomic mass is 9.77. The Hall–Kier alpha value is -3.39. The van der Waals surface area contributed by atoms with Crippen LogP contribution < -0.4 is 10.3 Å². The molecule has 0 spiro atoms. The number of thiazole rings is 1. The Morgan fingerprint density at radius 2 is 1.79 bits per heavy atom. The minimum atomic E-state index is -0.290. The van der Waals surface area contributed by atoms with Crippen LogP contribution in [0.25, 0.3) is 6.08 Å². The number of rotatable bonds is 4. The molecule has 0 unspecified atom stereocenters. The summed E-state index contributed by atoms with van der Waals surface area (Å²) in [5, 5.41) is 10.2. The molecule has 3 aromatic rings. The maximum Gasteiger partial charge on any atom is 0.263 e. The Balaban J connectivity index is 1.60. The molecule has 2 aromatic carbocycles. The molecule has 174 valence electrons. The molecule has 1 saturated carbocycles. The second-order valence-electron chi connectivity index (χ2n) is 8.54. The molecule has 34 heavy (non-hydrogen) atoms. The highest BCUT2D eigenvalue weighted by molar-refractivity contribution is 7.17. The standard InChI is InChI=1S/C26H24F2N4OS/c1-15-24(25(33)29-2)34-26(30-15)32-23(17-8-12-20(28)13-9-17)21-5-3-4-18(22(21)31-32)14-16-6-10-19(27)11-7-16/h6-14,21,23H,3-5H2,1-2H3,(H,29,33)/b18-14-/t21-,23+/m0/s1. The largest absolute Gasteiger partial charge is 0.354 e. The van der Waals surface area contributed by atoms with Crippen molar-refractivity contribution >= 4 is 34.2 Å². The van der Waals surface area contributed by atoms with Crippen LogP contribution in [-0.2, 0) is 0 Å². The fourth-order valence-corrected chi connectivity index (χ4v) is 5.72. The van der Waals surface area contributed by atoms with Gasteiger partial charge in [-0.05, 0) is 73.2 Å². The van der Waals surface area contributed by atoms with Gasteiger partial charge >= 0.3 is 0 Å². The van der Waals surface area contributed by atoms with E-state index in [2.05, 4.69) is 16.4 Å². The van der Waals surface area contributed by atoms with Gasteiger partial charge < -0.3 is 5.32 Å². The van der Waals surface area contributed by atoms with Gasteiger partial charge in [0.1, 0.15) is 16.5 Å². The summed E-state index contributed by atoms with van der Waals surface area (Å²) in [6, 6.07) is 12.8. The van der Waals surface area contributed by atoms with Crippen molar-refractivity contribution in [3.63, 3.8) is 0 Å². The summed E-state index contributed by atoms with van der Waals surface area (Å²) in [4.78, 5) is 17.5. The summed E-state index contributed by atoms with van der Waals surface area (Å²) in [7, 11) is 1.60. The number of fused-ring (bicyclic) bond motifs is 1. The van der Waals surface area contributed by atoms with Gasteiger partial charge in [0.15, 0.2) is 0 Å². The number of anilines is 1. The van der Waals surface area contributed by atoms with Crippen LogP contribution >= 0.6 is 11.3 Å². The lowest BCUT2D eigenvalue weighted by Crippen LogP contribution is -2.28. The van der Waals surface area contributed by atoms with E-state index in [4.69, 9.17) is 5.10 Å². The lowest BCUT2D eigenvalue weighted by molar-refractivity contribution is 0.0966. The van der Waals surface area contributed by atoms with Crippen LogP contribution in [0.4, 0.5) is 13.9 Å². The molecule has 8 heteroatoms. The lowest BCUT2D eigenvalue weighted by Gasteiger charge is -2.29. The van der Waals surface area contributed by atoms with Crippen LogP contribution in [0, 0.1) is 24.5 Å². The van der Waals surface area contributed by atoms with Gasteiger partial charge in [-0.25, -0.2) is 18.8 Å². The van der Waals surface area contributed by atoms with Gasteiger partial charge in [-0.3, -0.25) is 4.79 Å². The average Bonchev–Trinajstić information content (AvgIpc) is 3.42. The van der Waals surface area contributed by atoms with Crippen LogP contribution in [0.2, 0.25) is 0 Å². The molecule has 2 atom stereocenters. The summed E-state index contributed by atoms with van der Waals surface area (Å²) in [5.41, 5.74) is 4.59. The van der Waals surface area contributed by atoms with Gasteiger partial charge in [-0.2, -0.15) is 5.10 Å². The molecule has 1 N–H and O–H groups in total. The summed E-state index contributed by atoms with van der Waals surface area (Å²) in [5.74, 6) is -0.642. The Morgan fingerprint density at radius 3 is 2.47 bits per heavy atom. The molecular weight excluding hydrogens is 454 g/mol. The number of hydrazone groups is 1. The second-order valence-corrected chi connectivity index (χ2v) is 9.51. The van der Waals surface area contributed by atoms with E-state index in [1.807, 2.05) is 11.9 Å². The predicted octanol–water partition coefficient (Wildman–Crippen LogP) is 5.89. The Labute approximate surface area is 200 Å².